The van der Waals surface area contributed by atoms with E-state index >= 15 is 0 Å². The molecule has 0 spiro atoms. The Bertz CT molecular complexity index is 738. The molecule has 132 valence electrons. The number of ether oxygens (including phenoxy) is 1. The number of hydrogen-bond donors (Lipinski definition) is 1. The van der Waals surface area contributed by atoms with Crippen LogP contribution in [0.4, 0.5) is 0 Å². The average molecular weight is 358 g/mol. The second-order valence-electron chi connectivity index (χ2n) is 6.66. The zero-order chi connectivity index (χ0) is 17.9. The third-order valence-corrected chi connectivity index (χ3v) is 5.35. The SMILES string of the molecule is CCC1(CC)C[C@@H](NC(=O)Cc2ccc(Cl)cc2)c2ccccc2O1. The molecule has 1 N–H and O–H groups in total. The van der Waals surface area contributed by atoms with Gasteiger partial charge < -0.3 is 10.1 Å². The summed E-state index contributed by atoms with van der Waals surface area (Å²) in [4.78, 5) is 12.6. The van der Waals surface area contributed by atoms with E-state index in [4.69, 9.17) is 16.3 Å². The zero-order valence-electron chi connectivity index (χ0n) is 14.7. The number of benzene rings is 2. The van der Waals surface area contributed by atoms with Crippen molar-refractivity contribution in [1.82, 2.24) is 5.32 Å². The van der Waals surface area contributed by atoms with Gasteiger partial charge in [-0.05, 0) is 36.6 Å². The lowest BCUT2D eigenvalue weighted by Gasteiger charge is -2.41. The van der Waals surface area contributed by atoms with E-state index in [-0.39, 0.29) is 17.6 Å². The van der Waals surface area contributed by atoms with Crippen LogP contribution in [-0.4, -0.2) is 11.5 Å². The van der Waals surface area contributed by atoms with Gasteiger partial charge in [-0.2, -0.15) is 0 Å². The molecule has 1 atom stereocenters. The van der Waals surface area contributed by atoms with Gasteiger partial charge >= 0.3 is 0 Å². The van der Waals surface area contributed by atoms with E-state index in [2.05, 4.69) is 19.2 Å². The maximum Gasteiger partial charge on any atom is 0.224 e. The van der Waals surface area contributed by atoms with E-state index < -0.39 is 0 Å². The maximum atomic E-state index is 12.6. The Hall–Kier alpha value is -2.00. The molecule has 0 unspecified atom stereocenters. The molecule has 25 heavy (non-hydrogen) atoms. The molecular weight excluding hydrogens is 334 g/mol. The molecule has 1 aliphatic heterocycles. The quantitative estimate of drug-likeness (QED) is 0.810. The van der Waals surface area contributed by atoms with Gasteiger partial charge in [0.05, 0.1) is 12.5 Å². The van der Waals surface area contributed by atoms with Gasteiger partial charge in [-0.1, -0.05) is 55.8 Å². The van der Waals surface area contributed by atoms with Crippen molar-refractivity contribution in [3.8, 4) is 5.75 Å². The van der Waals surface area contributed by atoms with Crippen LogP contribution in [0, 0.1) is 0 Å². The number of carbonyl (C=O) groups is 1. The van der Waals surface area contributed by atoms with Gasteiger partial charge in [0.15, 0.2) is 0 Å². The number of fused-ring (bicyclic) bond motifs is 1. The number of halogens is 1. The Balaban J connectivity index is 1.78. The number of carbonyl (C=O) groups excluding carboxylic acids is 1. The molecule has 1 aliphatic rings. The number of hydrogen-bond acceptors (Lipinski definition) is 2. The second kappa shape index (κ2) is 7.49. The molecule has 0 radical (unpaired) electrons. The van der Waals surface area contributed by atoms with Crippen LogP contribution < -0.4 is 10.1 Å². The van der Waals surface area contributed by atoms with Crippen molar-refractivity contribution in [3.63, 3.8) is 0 Å². The van der Waals surface area contributed by atoms with Gasteiger partial charge in [-0.15, -0.1) is 0 Å². The fourth-order valence-corrected chi connectivity index (χ4v) is 3.59. The smallest absolute Gasteiger partial charge is 0.224 e. The first-order chi connectivity index (χ1) is 12.0. The molecule has 3 rings (SSSR count). The lowest BCUT2D eigenvalue weighted by atomic mass is 9.83. The monoisotopic (exact) mass is 357 g/mol. The minimum atomic E-state index is -0.216. The fraction of sp³-hybridized carbons (Fsp3) is 0.381. The van der Waals surface area contributed by atoms with Crippen LogP contribution in [0.5, 0.6) is 5.75 Å². The molecular formula is C21H24ClNO2. The summed E-state index contributed by atoms with van der Waals surface area (Å²) in [5.41, 5.74) is 1.80. The van der Waals surface area contributed by atoms with Crippen molar-refractivity contribution in [1.29, 1.82) is 0 Å². The summed E-state index contributed by atoms with van der Waals surface area (Å²) in [7, 11) is 0. The average Bonchev–Trinajstić information content (AvgIpc) is 2.63. The highest BCUT2D eigenvalue weighted by molar-refractivity contribution is 6.30. The van der Waals surface area contributed by atoms with Gasteiger partial charge in [-0.25, -0.2) is 0 Å². The Morgan fingerprint density at radius 1 is 1.16 bits per heavy atom. The van der Waals surface area contributed by atoms with Crippen LogP contribution in [-0.2, 0) is 11.2 Å². The lowest BCUT2D eigenvalue weighted by Crippen LogP contribution is -2.44. The molecule has 1 amide bonds. The number of nitrogens with one attached hydrogen (secondary N) is 1. The van der Waals surface area contributed by atoms with Gasteiger partial charge in [0.1, 0.15) is 11.4 Å². The number of amides is 1. The minimum absolute atomic E-state index is 0.0186. The van der Waals surface area contributed by atoms with E-state index in [0.29, 0.717) is 11.4 Å². The first kappa shape index (κ1) is 17.8. The predicted molar refractivity (Wildman–Crippen MR) is 101 cm³/mol. The van der Waals surface area contributed by atoms with Crippen molar-refractivity contribution in [2.45, 2.75) is 51.2 Å². The minimum Gasteiger partial charge on any atom is -0.487 e. The lowest BCUT2D eigenvalue weighted by molar-refractivity contribution is -0.121. The third-order valence-electron chi connectivity index (χ3n) is 5.10. The van der Waals surface area contributed by atoms with Crippen molar-refractivity contribution in [2.75, 3.05) is 0 Å². The summed E-state index contributed by atoms with van der Waals surface area (Å²) in [6, 6.07) is 15.4. The van der Waals surface area contributed by atoms with Gasteiger partial charge in [0.25, 0.3) is 0 Å². The van der Waals surface area contributed by atoms with Crippen LogP contribution in [0.3, 0.4) is 0 Å². The Kier molecular flexibility index (Phi) is 5.33. The van der Waals surface area contributed by atoms with Crippen molar-refractivity contribution in [2.24, 2.45) is 0 Å². The molecule has 0 saturated heterocycles. The molecule has 3 nitrogen and oxygen atoms in total. The maximum absolute atomic E-state index is 12.6. The van der Waals surface area contributed by atoms with Crippen LogP contribution >= 0.6 is 11.6 Å². The molecule has 0 aliphatic carbocycles. The molecule has 1 heterocycles. The summed E-state index contributed by atoms with van der Waals surface area (Å²) in [5, 5.41) is 3.89. The zero-order valence-corrected chi connectivity index (χ0v) is 15.5. The van der Waals surface area contributed by atoms with E-state index in [9.17, 15) is 4.79 Å². The highest BCUT2D eigenvalue weighted by atomic mass is 35.5. The number of rotatable bonds is 5. The number of para-hydroxylation sites is 1. The predicted octanol–water partition coefficient (Wildman–Crippen LogP) is 5.08. The normalized spacial score (nSPS) is 18.1. The molecule has 0 saturated carbocycles. The third kappa shape index (κ3) is 3.98. The van der Waals surface area contributed by atoms with E-state index in [1.54, 1.807) is 0 Å². The van der Waals surface area contributed by atoms with Crippen LogP contribution in [0.2, 0.25) is 5.02 Å². The molecule has 0 aromatic heterocycles. The van der Waals surface area contributed by atoms with E-state index in [1.807, 2.05) is 48.5 Å². The highest BCUT2D eigenvalue weighted by Gasteiger charge is 2.38. The largest absolute Gasteiger partial charge is 0.487 e. The van der Waals surface area contributed by atoms with Crippen molar-refractivity contribution in [3.05, 3.63) is 64.7 Å². The Morgan fingerprint density at radius 2 is 1.84 bits per heavy atom. The van der Waals surface area contributed by atoms with Crippen molar-refractivity contribution >= 4 is 17.5 Å². The van der Waals surface area contributed by atoms with Gasteiger partial charge in [0.2, 0.25) is 5.91 Å². The van der Waals surface area contributed by atoms with Crippen LogP contribution in [0.25, 0.3) is 0 Å². The standard InChI is InChI=1S/C21H24ClNO2/c1-3-21(4-2)14-18(17-7-5-6-8-19(17)25-21)23-20(24)13-15-9-11-16(22)12-10-15/h5-12,18H,3-4,13-14H2,1-2H3,(H,23,24)/t18-/m1/s1. The van der Waals surface area contributed by atoms with Crippen LogP contribution in [0.1, 0.15) is 50.3 Å². The molecule has 4 heteroatoms. The Morgan fingerprint density at radius 3 is 2.52 bits per heavy atom. The first-order valence-corrected chi connectivity index (χ1v) is 9.25. The summed E-state index contributed by atoms with van der Waals surface area (Å²) in [5.74, 6) is 0.902. The summed E-state index contributed by atoms with van der Waals surface area (Å²) >= 11 is 5.91. The second-order valence-corrected chi connectivity index (χ2v) is 7.09. The summed E-state index contributed by atoms with van der Waals surface area (Å²) < 4.78 is 6.30. The van der Waals surface area contributed by atoms with Gasteiger partial charge in [0, 0.05) is 17.0 Å². The van der Waals surface area contributed by atoms with Crippen LogP contribution in [0.15, 0.2) is 48.5 Å². The topological polar surface area (TPSA) is 38.3 Å². The van der Waals surface area contributed by atoms with Gasteiger partial charge in [-0.3, -0.25) is 4.79 Å². The highest BCUT2D eigenvalue weighted by Crippen LogP contribution is 2.42. The molecule has 2 aromatic rings. The summed E-state index contributed by atoms with van der Waals surface area (Å²) in [6.07, 6.45) is 2.98. The molecule has 2 aromatic carbocycles. The Labute approximate surface area is 154 Å². The fourth-order valence-electron chi connectivity index (χ4n) is 3.46. The van der Waals surface area contributed by atoms with E-state index in [0.717, 1.165) is 36.1 Å². The van der Waals surface area contributed by atoms with E-state index in [1.165, 1.54) is 0 Å². The first-order valence-electron chi connectivity index (χ1n) is 8.87. The van der Waals surface area contributed by atoms with Crippen molar-refractivity contribution < 1.29 is 9.53 Å². The molecule has 0 fully saturated rings. The molecule has 0 bridgehead atoms. The summed E-state index contributed by atoms with van der Waals surface area (Å²) in [6.45, 7) is 4.29.